The second-order valence-corrected chi connectivity index (χ2v) is 6.97. The van der Waals surface area contributed by atoms with Crippen LogP contribution in [0.5, 0.6) is 5.75 Å². The van der Waals surface area contributed by atoms with Crippen LogP contribution in [0.25, 0.3) is 10.9 Å². The van der Waals surface area contributed by atoms with E-state index in [4.69, 9.17) is 0 Å². The first-order valence-corrected chi connectivity index (χ1v) is 9.64. The lowest BCUT2D eigenvalue weighted by Gasteiger charge is -2.12. The number of para-hydroxylation sites is 1. The van der Waals surface area contributed by atoms with Gasteiger partial charge in [0, 0.05) is 12.2 Å². The Morgan fingerprint density at radius 2 is 1.90 bits per heavy atom. The van der Waals surface area contributed by atoms with Gasteiger partial charge < -0.3 is 10.1 Å². The number of hydrogen-bond donors (Lipinski definition) is 1. The third-order valence-electron chi connectivity index (χ3n) is 3.84. The van der Waals surface area contributed by atoms with Crippen molar-refractivity contribution >= 4 is 34.3 Å². The highest BCUT2D eigenvalue weighted by Gasteiger charge is 2.30. The molecule has 0 radical (unpaired) electrons. The highest BCUT2D eigenvalue weighted by atomic mass is 32.2. The molecule has 0 unspecified atom stereocenters. The number of anilines is 1. The van der Waals surface area contributed by atoms with Gasteiger partial charge >= 0.3 is 6.36 Å². The number of fused-ring (bicyclic) bond motifs is 1. The van der Waals surface area contributed by atoms with Crippen molar-refractivity contribution in [3.8, 4) is 5.75 Å². The van der Waals surface area contributed by atoms with E-state index in [9.17, 15) is 22.8 Å². The molecule has 6 nitrogen and oxygen atoms in total. The van der Waals surface area contributed by atoms with Crippen molar-refractivity contribution in [2.45, 2.75) is 18.1 Å². The summed E-state index contributed by atoms with van der Waals surface area (Å²) in [7, 11) is 0. The molecule has 0 spiro atoms. The Morgan fingerprint density at radius 3 is 2.57 bits per heavy atom. The minimum atomic E-state index is -4.78. The van der Waals surface area contributed by atoms with Crippen molar-refractivity contribution in [2.24, 2.45) is 0 Å². The highest BCUT2D eigenvalue weighted by molar-refractivity contribution is 7.99. The molecule has 1 N–H and O–H groups in total. The molecule has 3 aromatic rings. The van der Waals surface area contributed by atoms with Crippen LogP contribution in [0.4, 0.5) is 18.9 Å². The van der Waals surface area contributed by atoms with Crippen LogP contribution in [-0.2, 0) is 11.3 Å². The molecule has 0 aliphatic carbocycles. The van der Waals surface area contributed by atoms with Gasteiger partial charge in [-0.15, -0.1) is 19.8 Å². The summed E-state index contributed by atoms with van der Waals surface area (Å²) in [6, 6.07) is 11.7. The minimum Gasteiger partial charge on any atom is -0.406 e. The monoisotopic (exact) mass is 435 g/mol. The first kappa shape index (κ1) is 21.4. The van der Waals surface area contributed by atoms with Crippen molar-refractivity contribution in [1.29, 1.82) is 0 Å². The summed E-state index contributed by atoms with van der Waals surface area (Å²) in [5.41, 5.74) is 0.597. The van der Waals surface area contributed by atoms with Gasteiger partial charge in [-0.2, -0.15) is 0 Å². The van der Waals surface area contributed by atoms with Crippen molar-refractivity contribution in [1.82, 2.24) is 9.55 Å². The van der Waals surface area contributed by atoms with Crippen LogP contribution in [0, 0.1) is 0 Å². The molecule has 3 rings (SSSR count). The van der Waals surface area contributed by atoms with E-state index in [0.29, 0.717) is 21.7 Å². The number of thioether (sulfide) groups is 1. The molecular formula is C20H16F3N3O3S. The Balaban J connectivity index is 1.70. The van der Waals surface area contributed by atoms with Crippen LogP contribution < -0.4 is 15.6 Å². The molecule has 0 atom stereocenters. The topological polar surface area (TPSA) is 73.2 Å². The molecule has 30 heavy (non-hydrogen) atoms. The number of allylic oxidation sites excluding steroid dienone is 1. The maximum absolute atomic E-state index is 12.7. The fourth-order valence-corrected chi connectivity index (χ4v) is 3.42. The number of carbonyl (C=O) groups excluding carboxylic acids is 1. The van der Waals surface area contributed by atoms with E-state index in [-0.39, 0.29) is 23.6 Å². The average Bonchev–Trinajstić information content (AvgIpc) is 2.69. The largest absolute Gasteiger partial charge is 0.573 e. The van der Waals surface area contributed by atoms with Crippen LogP contribution in [0.15, 0.2) is 71.1 Å². The van der Waals surface area contributed by atoms with Gasteiger partial charge in [-0.25, -0.2) is 4.98 Å². The van der Waals surface area contributed by atoms with Gasteiger partial charge in [-0.05, 0) is 36.4 Å². The smallest absolute Gasteiger partial charge is 0.406 e. The maximum atomic E-state index is 12.7. The quantitative estimate of drug-likeness (QED) is 0.342. The number of alkyl halides is 3. The summed E-state index contributed by atoms with van der Waals surface area (Å²) in [6.45, 7) is 3.88. The molecule has 1 amide bonds. The summed E-state index contributed by atoms with van der Waals surface area (Å²) < 4.78 is 41.8. The maximum Gasteiger partial charge on any atom is 0.573 e. The van der Waals surface area contributed by atoms with Gasteiger partial charge in [0.25, 0.3) is 5.56 Å². The number of carbonyl (C=O) groups is 1. The molecule has 1 heterocycles. The normalized spacial score (nSPS) is 11.3. The lowest BCUT2D eigenvalue weighted by molar-refractivity contribution is -0.274. The van der Waals surface area contributed by atoms with Crippen LogP contribution in [0.3, 0.4) is 0 Å². The Labute approximate surface area is 173 Å². The molecule has 0 aliphatic rings. The third kappa shape index (κ3) is 5.41. The predicted molar refractivity (Wildman–Crippen MR) is 109 cm³/mol. The number of benzene rings is 2. The number of ether oxygens (including phenoxy) is 1. The Hall–Kier alpha value is -3.27. The molecule has 0 fully saturated rings. The van der Waals surface area contributed by atoms with Crippen molar-refractivity contribution < 1.29 is 22.7 Å². The van der Waals surface area contributed by atoms with E-state index >= 15 is 0 Å². The summed E-state index contributed by atoms with van der Waals surface area (Å²) >= 11 is 1.07. The standard InChI is InChI=1S/C20H16F3N3O3S/c1-2-11-26-18(28)15-5-3-4-6-16(15)25-19(26)30-12-17(27)24-13-7-9-14(10-8-13)29-20(21,22)23/h2-10H,1,11-12H2,(H,24,27). The predicted octanol–water partition coefficient (Wildman–Crippen LogP) is 4.21. The second kappa shape index (κ2) is 9.04. The van der Waals surface area contributed by atoms with Crippen LogP contribution in [0.2, 0.25) is 0 Å². The summed E-state index contributed by atoms with van der Waals surface area (Å²) in [5.74, 6) is -0.844. The Bertz CT molecular complexity index is 1130. The zero-order chi connectivity index (χ0) is 21.7. The molecule has 0 aliphatic heterocycles. The zero-order valence-corrected chi connectivity index (χ0v) is 16.3. The minimum absolute atomic E-state index is 0.0529. The van der Waals surface area contributed by atoms with Crippen LogP contribution >= 0.6 is 11.8 Å². The van der Waals surface area contributed by atoms with E-state index in [2.05, 4.69) is 21.6 Å². The number of nitrogens with zero attached hydrogens (tertiary/aromatic N) is 2. The van der Waals surface area contributed by atoms with E-state index in [1.165, 1.54) is 16.7 Å². The Kier molecular flexibility index (Phi) is 6.46. The molecule has 2 aromatic carbocycles. The van der Waals surface area contributed by atoms with Crippen molar-refractivity contribution in [2.75, 3.05) is 11.1 Å². The number of aromatic nitrogens is 2. The number of halogens is 3. The number of hydrogen-bond acceptors (Lipinski definition) is 5. The van der Waals surface area contributed by atoms with E-state index in [1.54, 1.807) is 30.3 Å². The van der Waals surface area contributed by atoms with Crippen molar-refractivity contribution in [3.63, 3.8) is 0 Å². The van der Waals surface area contributed by atoms with E-state index in [0.717, 1.165) is 23.9 Å². The van der Waals surface area contributed by atoms with Gasteiger partial charge in [0.05, 0.1) is 16.7 Å². The highest BCUT2D eigenvalue weighted by Crippen LogP contribution is 2.24. The number of nitrogens with one attached hydrogen (secondary N) is 1. The SMILES string of the molecule is C=CCn1c(SCC(=O)Nc2ccc(OC(F)(F)F)cc2)nc2ccccc2c1=O. The zero-order valence-electron chi connectivity index (χ0n) is 15.5. The molecule has 0 saturated carbocycles. The van der Waals surface area contributed by atoms with Gasteiger partial charge in [0.1, 0.15) is 5.75 Å². The first-order valence-electron chi connectivity index (χ1n) is 8.66. The molecular weight excluding hydrogens is 419 g/mol. The lowest BCUT2D eigenvalue weighted by atomic mass is 10.2. The average molecular weight is 435 g/mol. The summed E-state index contributed by atoms with van der Waals surface area (Å²) in [5, 5.41) is 3.40. The van der Waals surface area contributed by atoms with E-state index in [1.807, 2.05) is 0 Å². The van der Waals surface area contributed by atoms with Crippen LogP contribution in [-0.4, -0.2) is 27.6 Å². The van der Waals surface area contributed by atoms with Gasteiger partial charge in [0.15, 0.2) is 5.16 Å². The van der Waals surface area contributed by atoms with E-state index < -0.39 is 12.3 Å². The Morgan fingerprint density at radius 1 is 1.20 bits per heavy atom. The molecule has 1 aromatic heterocycles. The summed E-state index contributed by atoms with van der Waals surface area (Å²) in [6.07, 6.45) is -3.22. The van der Waals surface area contributed by atoms with Gasteiger partial charge in [-0.1, -0.05) is 30.0 Å². The molecule has 156 valence electrons. The molecule has 0 saturated heterocycles. The fraction of sp³-hybridized carbons (Fsp3) is 0.150. The molecule has 10 heteroatoms. The van der Waals surface area contributed by atoms with Crippen LogP contribution in [0.1, 0.15) is 0 Å². The first-order chi connectivity index (χ1) is 14.3. The summed E-state index contributed by atoms with van der Waals surface area (Å²) in [4.78, 5) is 29.4. The van der Waals surface area contributed by atoms with Gasteiger partial charge in [0.2, 0.25) is 5.91 Å². The van der Waals surface area contributed by atoms with Gasteiger partial charge in [-0.3, -0.25) is 14.2 Å². The number of rotatable bonds is 7. The second-order valence-electron chi connectivity index (χ2n) is 6.02. The third-order valence-corrected chi connectivity index (χ3v) is 4.82. The number of amides is 1. The molecule has 0 bridgehead atoms. The van der Waals surface area contributed by atoms with Crippen molar-refractivity contribution in [3.05, 3.63) is 71.5 Å². The lowest BCUT2D eigenvalue weighted by Crippen LogP contribution is -2.23. The fourth-order valence-electron chi connectivity index (χ4n) is 2.62.